The highest BCUT2D eigenvalue weighted by atomic mass is 19.4. The molecule has 3 aromatic carbocycles. The predicted octanol–water partition coefficient (Wildman–Crippen LogP) is 6.64. The maximum Gasteiger partial charge on any atom is 0.419 e. The molecule has 0 spiro atoms. The van der Waals surface area contributed by atoms with E-state index in [0.717, 1.165) is 53.4 Å². The van der Waals surface area contributed by atoms with Gasteiger partial charge in [-0.3, -0.25) is 0 Å². The number of para-hydroxylation sites is 1. The van der Waals surface area contributed by atoms with Crippen molar-refractivity contribution >= 4 is 5.57 Å². The summed E-state index contributed by atoms with van der Waals surface area (Å²) in [6.07, 6.45) is -1.45. The van der Waals surface area contributed by atoms with E-state index >= 15 is 0 Å². The molecular formula is C26H24F3NO. The van der Waals surface area contributed by atoms with Crippen LogP contribution in [-0.4, -0.2) is 13.1 Å². The fourth-order valence-electron chi connectivity index (χ4n) is 3.94. The van der Waals surface area contributed by atoms with E-state index in [-0.39, 0.29) is 12.4 Å². The molecule has 1 heterocycles. The van der Waals surface area contributed by atoms with Gasteiger partial charge in [0.25, 0.3) is 0 Å². The second kappa shape index (κ2) is 8.98. The fourth-order valence-corrected chi connectivity index (χ4v) is 3.94. The van der Waals surface area contributed by atoms with E-state index in [0.29, 0.717) is 0 Å². The number of aryl methyl sites for hydroxylation is 1. The Hall–Kier alpha value is -3.05. The summed E-state index contributed by atoms with van der Waals surface area (Å²) in [5, 5.41) is 3.30. The van der Waals surface area contributed by atoms with Crippen LogP contribution in [0.25, 0.3) is 16.7 Å². The van der Waals surface area contributed by atoms with Crippen molar-refractivity contribution in [3.8, 4) is 16.9 Å². The first-order valence-electron chi connectivity index (χ1n) is 10.3. The largest absolute Gasteiger partial charge is 0.488 e. The Morgan fingerprint density at radius 3 is 2.45 bits per heavy atom. The topological polar surface area (TPSA) is 21.3 Å². The van der Waals surface area contributed by atoms with Crippen molar-refractivity contribution < 1.29 is 17.9 Å². The van der Waals surface area contributed by atoms with Gasteiger partial charge in [0.2, 0.25) is 0 Å². The number of rotatable bonds is 5. The predicted molar refractivity (Wildman–Crippen MR) is 118 cm³/mol. The molecule has 0 unspecified atom stereocenters. The summed E-state index contributed by atoms with van der Waals surface area (Å²) >= 11 is 0. The molecule has 4 rings (SSSR count). The lowest BCUT2D eigenvalue weighted by molar-refractivity contribution is -0.139. The van der Waals surface area contributed by atoms with Crippen LogP contribution in [0.2, 0.25) is 0 Å². The third kappa shape index (κ3) is 4.83. The van der Waals surface area contributed by atoms with E-state index in [4.69, 9.17) is 4.74 Å². The highest BCUT2D eigenvalue weighted by Crippen LogP contribution is 2.37. The second-order valence-corrected chi connectivity index (χ2v) is 7.65. The van der Waals surface area contributed by atoms with Gasteiger partial charge in [0.15, 0.2) is 0 Å². The van der Waals surface area contributed by atoms with Crippen LogP contribution in [0.3, 0.4) is 0 Å². The molecule has 0 aliphatic carbocycles. The molecule has 0 fully saturated rings. The van der Waals surface area contributed by atoms with Gasteiger partial charge < -0.3 is 10.1 Å². The molecule has 1 aliphatic heterocycles. The monoisotopic (exact) mass is 423 g/mol. The quantitative estimate of drug-likeness (QED) is 0.497. The van der Waals surface area contributed by atoms with Crippen molar-refractivity contribution in [2.45, 2.75) is 26.1 Å². The number of nitrogens with one attached hydrogen (secondary N) is 1. The van der Waals surface area contributed by atoms with Crippen LogP contribution in [-0.2, 0) is 12.8 Å². The number of halogens is 3. The summed E-state index contributed by atoms with van der Waals surface area (Å²) in [7, 11) is 0. The fraction of sp³-hybridized carbons (Fsp3) is 0.231. The second-order valence-electron chi connectivity index (χ2n) is 7.65. The Bertz CT molecular complexity index is 1100. The summed E-state index contributed by atoms with van der Waals surface area (Å²) in [5.74, 6) is -0.151. The molecule has 160 valence electrons. The lowest BCUT2D eigenvalue weighted by atomic mass is 9.91. The van der Waals surface area contributed by atoms with Gasteiger partial charge in [0.05, 0.1) is 5.56 Å². The van der Waals surface area contributed by atoms with Gasteiger partial charge in [0.1, 0.15) is 12.4 Å². The first-order chi connectivity index (χ1) is 14.9. The molecule has 0 amide bonds. The van der Waals surface area contributed by atoms with Crippen molar-refractivity contribution in [1.82, 2.24) is 5.32 Å². The van der Waals surface area contributed by atoms with Crippen molar-refractivity contribution in [3.63, 3.8) is 0 Å². The summed E-state index contributed by atoms with van der Waals surface area (Å²) in [6, 6.07) is 19.6. The minimum absolute atomic E-state index is 0.0624. The molecular weight excluding hydrogens is 399 g/mol. The van der Waals surface area contributed by atoms with Gasteiger partial charge >= 0.3 is 6.18 Å². The highest BCUT2D eigenvalue weighted by molar-refractivity contribution is 5.75. The minimum Gasteiger partial charge on any atom is -0.488 e. The molecule has 3 aromatic rings. The standard InChI is InChI=1S/C26H24F3NO/c1-18-6-2-3-7-22(18)20-10-11-23(19-12-14-30-15-13-19)21(16-20)17-31-25-9-5-4-8-24(25)26(27,28)29/h2-12,16,30H,13-15,17H2,1H3. The number of ether oxygens (including phenoxy) is 1. The number of benzene rings is 3. The Labute approximate surface area is 180 Å². The molecule has 0 bridgehead atoms. The molecule has 0 aromatic heterocycles. The van der Waals surface area contributed by atoms with Crippen LogP contribution >= 0.6 is 0 Å². The van der Waals surface area contributed by atoms with E-state index in [1.165, 1.54) is 17.7 Å². The van der Waals surface area contributed by atoms with Gasteiger partial charge in [-0.25, -0.2) is 0 Å². The lowest BCUT2D eigenvalue weighted by Gasteiger charge is -2.20. The average Bonchev–Trinajstić information content (AvgIpc) is 2.78. The van der Waals surface area contributed by atoms with Gasteiger partial charge in [-0.2, -0.15) is 13.2 Å². The lowest BCUT2D eigenvalue weighted by Crippen LogP contribution is -2.20. The van der Waals surface area contributed by atoms with Gasteiger partial charge in [-0.05, 0) is 71.5 Å². The third-order valence-corrected chi connectivity index (χ3v) is 5.55. The van der Waals surface area contributed by atoms with Crippen molar-refractivity contribution in [3.05, 3.63) is 95.1 Å². The Kier molecular flexibility index (Phi) is 6.14. The molecule has 0 atom stereocenters. The normalized spacial score (nSPS) is 14.3. The molecule has 0 saturated carbocycles. The molecule has 1 N–H and O–H groups in total. The van der Waals surface area contributed by atoms with Gasteiger partial charge in [-0.15, -0.1) is 0 Å². The summed E-state index contributed by atoms with van der Waals surface area (Å²) in [4.78, 5) is 0. The highest BCUT2D eigenvalue weighted by Gasteiger charge is 2.34. The SMILES string of the molecule is Cc1ccccc1-c1ccc(C2=CCNCC2)c(COc2ccccc2C(F)(F)F)c1. The Morgan fingerprint density at radius 1 is 0.935 bits per heavy atom. The van der Waals surface area contributed by atoms with Crippen LogP contribution in [0.4, 0.5) is 13.2 Å². The molecule has 1 aliphatic rings. The third-order valence-electron chi connectivity index (χ3n) is 5.55. The van der Waals surface area contributed by atoms with Crippen LogP contribution in [0.1, 0.15) is 28.7 Å². The Balaban J connectivity index is 1.72. The molecule has 0 radical (unpaired) electrons. The number of hydrogen-bond acceptors (Lipinski definition) is 2. The van der Waals surface area contributed by atoms with E-state index < -0.39 is 11.7 Å². The zero-order chi connectivity index (χ0) is 21.8. The maximum absolute atomic E-state index is 13.4. The minimum atomic E-state index is -4.46. The summed E-state index contributed by atoms with van der Waals surface area (Å²) in [6.45, 7) is 3.77. The summed E-state index contributed by atoms with van der Waals surface area (Å²) in [5.41, 5.74) is 5.62. The van der Waals surface area contributed by atoms with Crippen LogP contribution in [0.15, 0.2) is 72.8 Å². The zero-order valence-electron chi connectivity index (χ0n) is 17.3. The van der Waals surface area contributed by atoms with Crippen molar-refractivity contribution in [1.29, 1.82) is 0 Å². The number of hydrogen-bond donors (Lipinski definition) is 1. The maximum atomic E-state index is 13.4. The average molecular weight is 423 g/mol. The van der Waals surface area contributed by atoms with Crippen molar-refractivity contribution in [2.24, 2.45) is 0 Å². The van der Waals surface area contributed by atoms with Gasteiger partial charge in [0, 0.05) is 6.54 Å². The zero-order valence-corrected chi connectivity index (χ0v) is 17.3. The van der Waals surface area contributed by atoms with E-state index in [1.54, 1.807) is 6.07 Å². The first kappa shape index (κ1) is 21.2. The van der Waals surface area contributed by atoms with Crippen LogP contribution < -0.4 is 10.1 Å². The van der Waals surface area contributed by atoms with E-state index in [9.17, 15) is 13.2 Å². The Morgan fingerprint density at radius 2 is 1.71 bits per heavy atom. The number of alkyl halides is 3. The summed E-state index contributed by atoms with van der Waals surface area (Å²) < 4.78 is 45.9. The van der Waals surface area contributed by atoms with Crippen LogP contribution in [0.5, 0.6) is 5.75 Å². The van der Waals surface area contributed by atoms with E-state index in [1.807, 2.05) is 31.2 Å². The van der Waals surface area contributed by atoms with Crippen molar-refractivity contribution in [2.75, 3.05) is 13.1 Å². The van der Waals surface area contributed by atoms with Crippen LogP contribution in [0, 0.1) is 6.92 Å². The first-order valence-corrected chi connectivity index (χ1v) is 10.3. The molecule has 31 heavy (non-hydrogen) atoms. The van der Waals surface area contributed by atoms with E-state index in [2.05, 4.69) is 29.6 Å². The molecule has 2 nitrogen and oxygen atoms in total. The van der Waals surface area contributed by atoms with Gasteiger partial charge in [-0.1, -0.05) is 54.6 Å². The smallest absolute Gasteiger partial charge is 0.419 e. The molecule has 5 heteroatoms. The molecule has 0 saturated heterocycles.